The van der Waals surface area contributed by atoms with Gasteiger partial charge in [-0.05, 0) is 25.7 Å². The molecule has 0 amide bonds. The van der Waals surface area contributed by atoms with Gasteiger partial charge in [0.1, 0.15) is 12.2 Å². The molecule has 0 N–H and O–H groups in total. The monoisotopic (exact) mass is 224 g/mol. The van der Waals surface area contributed by atoms with Crippen LogP contribution in [-0.2, 0) is 14.3 Å². The molecule has 2 rings (SSSR count). The van der Waals surface area contributed by atoms with Gasteiger partial charge in [0.2, 0.25) is 0 Å². The fraction of sp³-hybridized carbons (Fsp3) is 0.769. The number of hydrogen-bond acceptors (Lipinski definition) is 3. The molecule has 3 atom stereocenters. The molecule has 3 unspecified atom stereocenters. The first kappa shape index (κ1) is 11.6. The molecule has 0 bridgehead atoms. The van der Waals surface area contributed by atoms with Gasteiger partial charge in [0.25, 0.3) is 0 Å². The van der Waals surface area contributed by atoms with E-state index < -0.39 is 5.60 Å². The van der Waals surface area contributed by atoms with Gasteiger partial charge >= 0.3 is 5.97 Å². The molecule has 0 aromatic carbocycles. The van der Waals surface area contributed by atoms with E-state index in [-0.39, 0.29) is 18.2 Å². The molecule has 1 saturated heterocycles. The van der Waals surface area contributed by atoms with Gasteiger partial charge in [0, 0.05) is 0 Å². The van der Waals surface area contributed by atoms with E-state index in [0.717, 1.165) is 19.3 Å². The van der Waals surface area contributed by atoms with E-state index in [1.165, 1.54) is 6.42 Å². The number of carbonyl (C=O) groups excluding carboxylic acids is 1. The summed E-state index contributed by atoms with van der Waals surface area (Å²) in [7, 11) is 0. The second-order valence-electron chi connectivity index (χ2n) is 5.22. The second kappa shape index (κ2) is 3.88. The van der Waals surface area contributed by atoms with Crippen LogP contribution in [0.4, 0.5) is 0 Å². The minimum absolute atomic E-state index is 0.233. The number of rotatable bonds is 3. The zero-order valence-corrected chi connectivity index (χ0v) is 10.1. The Morgan fingerprint density at radius 1 is 1.69 bits per heavy atom. The van der Waals surface area contributed by atoms with Crippen LogP contribution < -0.4 is 0 Å². The lowest BCUT2D eigenvalue weighted by atomic mass is 9.76. The number of hydrogen-bond donors (Lipinski definition) is 0. The Morgan fingerprint density at radius 3 is 3.06 bits per heavy atom. The number of epoxide rings is 1. The maximum absolute atomic E-state index is 11.9. The molecule has 1 aliphatic heterocycles. The summed E-state index contributed by atoms with van der Waals surface area (Å²) in [6.45, 7) is 7.88. The maximum atomic E-state index is 11.9. The minimum Gasteiger partial charge on any atom is -0.459 e. The van der Waals surface area contributed by atoms with E-state index in [4.69, 9.17) is 9.47 Å². The molecule has 1 aliphatic carbocycles. The summed E-state index contributed by atoms with van der Waals surface area (Å²) in [5.41, 5.74) is -0.937. The van der Waals surface area contributed by atoms with Crippen LogP contribution in [0.5, 0.6) is 0 Å². The summed E-state index contributed by atoms with van der Waals surface area (Å²) < 4.78 is 10.9. The Bertz CT molecular complexity index is 312. The van der Waals surface area contributed by atoms with Gasteiger partial charge in [0.05, 0.1) is 0 Å². The van der Waals surface area contributed by atoms with E-state index in [1.54, 1.807) is 6.08 Å². The van der Waals surface area contributed by atoms with Crippen molar-refractivity contribution in [3.63, 3.8) is 0 Å². The fourth-order valence-corrected chi connectivity index (χ4v) is 2.89. The lowest BCUT2D eigenvalue weighted by Crippen LogP contribution is -2.36. The standard InChI is InChI=1S/C13H20O3/c1-4-8-15-11(14)12(3)13(16-12)7-5-6-10(2)9-13/h4,10H,1,5-9H2,2-3H3. The summed E-state index contributed by atoms with van der Waals surface area (Å²) in [5.74, 6) is 0.407. The van der Waals surface area contributed by atoms with E-state index in [1.807, 2.05) is 6.92 Å². The van der Waals surface area contributed by atoms with Gasteiger partial charge in [-0.25, -0.2) is 4.79 Å². The summed E-state index contributed by atoms with van der Waals surface area (Å²) in [6, 6.07) is 0. The van der Waals surface area contributed by atoms with Crippen molar-refractivity contribution in [2.24, 2.45) is 5.92 Å². The van der Waals surface area contributed by atoms with Crippen molar-refractivity contribution in [2.45, 2.75) is 50.7 Å². The summed E-state index contributed by atoms with van der Waals surface area (Å²) >= 11 is 0. The maximum Gasteiger partial charge on any atom is 0.341 e. The summed E-state index contributed by atoms with van der Waals surface area (Å²) in [5, 5.41) is 0. The molecule has 1 saturated carbocycles. The Kier molecular flexibility index (Phi) is 2.82. The molecule has 90 valence electrons. The molecule has 16 heavy (non-hydrogen) atoms. The quantitative estimate of drug-likeness (QED) is 0.420. The summed E-state index contributed by atoms with van der Waals surface area (Å²) in [6.07, 6.45) is 5.93. The highest BCUT2D eigenvalue weighted by Crippen LogP contribution is 2.58. The van der Waals surface area contributed by atoms with Crippen molar-refractivity contribution in [1.82, 2.24) is 0 Å². The van der Waals surface area contributed by atoms with Crippen LogP contribution in [0, 0.1) is 5.92 Å². The molecule has 0 radical (unpaired) electrons. The fourth-order valence-electron chi connectivity index (χ4n) is 2.89. The summed E-state index contributed by atoms with van der Waals surface area (Å²) in [4.78, 5) is 11.9. The minimum atomic E-state index is -0.704. The predicted molar refractivity (Wildman–Crippen MR) is 61.0 cm³/mol. The molecule has 2 aliphatic rings. The Morgan fingerprint density at radius 2 is 2.44 bits per heavy atom. The van der Waals surface area contributed by atoms with Crippen LogP contribution in [0.15, 0.2) is 12.7 Å². The average molecular weight is 224 g/mol. The normalized spacial score (nSPS) is 41.8. The first-order valence-electron chi connectivity index (χ1n) is 6.02. The largest absolute Gasteiger partial charge is 0.459 e. The van der Waals surface area contributed by atoms with Crippen LogP contribution >= 0.6 is 0 Å². The van der Waals surface area contributed by atoms with Crippen molar-refractivity contribution < 1.29 is 14.3 Å². The number of esters is 1. The molecule has 0 aromatic rings. The third-order valence-corrected chi connectivity index (χ3v) is 3.90. The lowest BCUT2D eigenvalue weighted by molar-refractivity contribution is -0.148. The Labute approximate surface area is 96.8 Å². The van der Waals surface area contributed by atoms with Crippen molar-refractivity contribution in [3.05, 3.63) is 12.7 Å². The van der Waals surface area contributed by atoms with Gasteiger partial charge < -0.3 is 9.47 Å². The molecule has 3 nitrogen and oxygen atoms in total. The Hall–Kier alpha value is -0.830. The molecule has 3 heteroatoms. The van der Waals surface area contributed by atoms with E-state index in [9.17, 15) is 4.79 Å². The van der Waals surface area contributed by atoms with Gasteiger partial charge in [-0.3, -0.25) is 0 Å². The average Bonchev–Trinajstić information content (AvgIpc) is 2.80. The second-order valence-corrected chi connectivity index (χ2v) is 5.22. The third-order valence-electron chi connectivity index (χ3n) is 3.90. The van der Waals surface area contributed by atoms with Crippen LogP contribution in [0.1, 0.15) is 39.5 Å². The van der Waals surface area contributed by atoms with Crippen LogP contribution in [0.3, 0.4) is 0 Å². The Balaban J connectivity index is 2.01. The predicted octanol–water partition coefficient (Wildman–Crippen LogP) is 2.45. The molecule has 1 spiro atoms. The van der Waals surface area contributed by atoms with Crippen LogP contribution in [0.25, 0.3) is 0 Å². The lowest BCUT2D eigenvalue weighted by Gasteiger charge is -2.25. The molecule has 1 heterocycles. The van der Waals surface area contributed by atoms with Crippen LogP contribution in [-0.4, -0.2) is 23.8 Å². The highest BCUT2D eigenvalue weighted by Gasteiger charge is 2.72. The van der Waals surface area contributed by atoms with Crippen molar-refractivity contribution in [2.75, 3.05) is 6.61 Å². The van der Waals surface area contributed by atoms with Crippen LogP contribution in [0.2, 0.25) is 0 Å². The van der Waals surface area contributed by atoms with Gasteiger partial charge in [-0.1, -0.05) is 32.4 Å². The van der Waals surface area contributed by atoms with E-state index >= 15 is 0 Å². The van der Waals surface area contributed by atoms with Gasteiger partial charge in [0.15, 0.2) is 5.60 Å². The van der Waals surface area contributed by atoms with E-state index in [2.05, 4.69) is 13.5 Å². The molecule has 0 aromatic heterocycles. The van der Waals surface area contributed by atoms with Crippen molar-refractivity contribution in [3.8, 4) is 0 Å². The van der Waals surface area contributed by atoms with Crippen molar-refractivity contribution >= 4 is 5.97 Å². The zero-order chi connectivity index (χ0) is 11.8. The molecular weight excluding hydrogens is 204 g/mol. The SMILES string of the molecule is C=CCOC(=O)C1(C)OC12CCCC(C)C2. The highest BCUT2D eigenvalue weighted by molar-refractivity contribution is 5.84. The van der Waals surface area contributed by atoms with E-state index in [0.29, 0.717) is 5.92 Å². The first-order chi connectivity index (χ1) is 7.54. The van der Waals surface area contributed by atoms with Crippen molar-refractivity contribution in [1.29, 1.82) is 0 Å². The third kappa shape index (κ3) is 1.67. The zero-order valence-electron chi connectivity index (χ0n) is 10.1. The number of ether oxygens (including phenoxy) is 2. The van der Waals surface area contributed by atoms with Gasteiger partial charge in [-0.15, -0.1) is 0 Å². The molecular formula is C13H20O3. The number of carbonyl (C=O) groups is 1. The molecule has 2 fully saturated rings. The first-order valence-corrected chi connectivity index (χ1v) is 6.02. The highest BCUT2D eigenvalue weighted by atomic mass is 16.7. The van der Waals surface area contributed by atoms with Gasteiger partial charge in [-0.2, -0.15) is 0 Å². The topological polar surface area (TPSA) is 38.8 Å². The smallest absolute Gasteiger partial charge is 0.341 e.